The molecule has 0 bridgehead atoms. The number of hydrogen-bond donors (Lipinski definition) is 3. The van der Waals surface area contributed by atoms with Gasteiger partial charge < -0.3 is 38.8 Å². The molecule has 0 saturated carbocycles. The molecule has 3 N–H and O–H groups in total. The molecule has 8 rings (SSSR count). The predicted octanol–water partition coefficient (Wildman–Crippen LogP) is 9.44. The Morgan fingerprint density at radius 1 is 0.565 bits per heavy atom. The summed E-state index contributed by atoms with van der Waals surface area (Å²) in [6, 6.07) is 37.8. The number of esters is 2. The summed E-state index contributed by atoms with van der Waals surface area (Å²) in [6.07, 6.45) is 0. The highest BCUT2D eigenvalue weighted by Crippen LogP contribution is 2.34. The average molecular weight is 1000 g/mol. The second kappa shape index (κ2) is 27.6. The number of nitrogens with zero attached hydrogens (tertiary/aromatic N) is 2. The number of para-hydroxylation sites is 2. The molecule has 69 heavy (non-hydrogen) atoms. The lowest BCUT2D eigenvalue weighted by molar-refractivity contribution is 0.0591. The summed E-state index contributed by atoms with van der Waals surface area (Å²) in [4.78, 5) is 39.6. The van der Waals surface area contributed by atoms with Crippen molar-refractivity contribution < 1.29 is 43.3 Å². The minimum absolute atomic E-state index is 0. The summed E-state index contributed by atoms with van der Waals surface area (Å²) < 4.78 is 27.4. The maximum Gasteiger partial charge on any atom is 0.337 e. The standard InChI is InChI=1S/C20H23NO3.C19H22N2O3.C14H19NO3.3H2S/c1-14(2)18-13-24-19-11-15(20(22)23-3)9-10-16(19)12-21(18)17-7-5-4-6-8-17;1-13(2)17-12-24-18-10-14(19(22)20-23)8-9-15(18)11-21(17)16-6-4-3-5-7-16;1-9(2)12-8-18-13-6-10(14(16)17-3)4-5-11(13)7-15-12;;;/h4-11,14,18H,12-13H2,1-3H3;3-10,13,17,23H,11-12H2,1-2H3,(H,20,22);4-6,9,12,15H,7-8H2,1-3H3;3*1H2/t18-;17-;12-;;;/m111.../s1. The van der Waals surface area contributed by atoms with Gasteiger partial charge in [0.1, 0.15) is 37.1 Å². The van der Waals surface area contributed by atoms with Crippen molar-refractivity contribution >= 4 is 69.7 Å². The van der Waals surface area contributed by atoms with E-state index in [9.17, 15) is 14.4 Å². The van der Waals surface area contributed by atoms with Crippen LogP contribution in [0.3, 0.4) is 0 Å². The first kappa shape index (κ1) is 57.8. The van der Waals surface area contributed by atoms with Crippen molar-refractivity contribution in [3.05, 3.63) is 149 Å². The van der Waals surface area contributed by atoms with Crippen LogP contribution in [-0.2, 0) is 29.1 Å². The second-order valence-corrected chi connectivity index (χ2v) is 17.6. The lowest BCUT2D eigenvalue weighted by Gasteiger charge is -2.34. The third kappa shape index (κ3) is 15.0. The van der Waals surface area contributed by atoms with E-state index in [4.69, 9.17) is 28.9 Å². The maximum absolute atomic E-state index is 11.8. The molecule has 0 aliphatic carbocycles. The third-order valence-electron chi connectivity index (χ3n) is 12.2. The largest absolute Gasteiger partial charge is 0.492 e. The number of hydroxylamine groups is 1. The summed E-state index contributed by atoms with van der Waals surface area (Å²) in [5, 5.41) is 12.3. The van der Waals surface area contributed by atoms with Gasteiger partial charge in [-0.15, -0.1) is 0 Å². The number of anilines is 2. The van der Waals surface area contributed by atoms with Crippen LogP contribution in [0.1, 0.15) is 89.3 Å². The fourth-order valence-corrected chi connectivity index (χ4v) is 8.12. The summed E-state index contributed by atoms with van der Waals surface area (Å²) in [7, 11) is 2.77. The molecule has 3 heterocycles. The highest BCUT2D eigenvalue weighted by Gasteiger charge is 2.30. The van der Waals surface area contributed by atoms with Crippen LogP contribution in [0, 0.1) is 17.8 Å². The third-order valence-corrected chi connectivity index (χ3v) is 12.2. The van der Waals surface area contributed by atoms with Crippen LogP contribution in [0.2, 0.25) is 0 Å². The van der Waals surface area contributed by atoms with Crippen molar-refractivity contribution in [1.82, 2.24) is 10.8 Å². The van der Waals surface area contributed by atoms with Gasteiger partial charge in [0.2, 0.25) is 0 Å². The summed E-state index contributed by atoms with van der Waals surface area (Å²) in [6.45, 7) is 17.1. The molecule has 0 radical (unpaired) electrons. The van der Waals surface area contributed by atoms with Crippen molar-refractivity contribution in [3.63, 3.8) is 0 Å². The predicted molar refractivity (Wildman–Crippen MR) is 287 cm³/mol. The Labute approximate surface area is 428 Å². The molecule has 5 aromatic carbocycles. The summed E-state index contributed by atoms with van der Waals surface area (Å²) in [5.74, 6) is 2.39. The SMILES string of the molecule is CC(C)[C@H]1COc2cc(C(=O)NO)ccc2CN1c1ccccc1.COC(=O)c1ccc2c(c1)OC[C@H](C(C)C)N(c1ccccc1)C2.COC(=O)c1ccc2c(c1)OC[C@H](C(C)C)NC2.S.S.S. The number of carbonyl (C=O) groups is 3. The highest BCUT2D eigenvalue weighted by atomic mass is 32.1. The Kier molecular flexibility index (Phi) is 23.1. The number of carbonyl (C=O) groups excluding carboxylic acids is 3. The topological polar surface area (TPSA) is 148 Å². The highest BCUT2D eigenvalue weighted by molar-refractivity contribution is 7.59. The normalized spacial score (nSPS) is 16.7. The van der Waals surface area contributed by atoms with Gasteiger partial charge in [0.25, 0.3) is 5.91 Å². The second-order valence-electron chi connectivity index (χ2n) is 17.6. The molecular formula is C53H70N4O9S3. The van der Waals surface area contributed by atoms with E-state index in [1.54, 1.807) is 41.9 Å². The van der Waals surface area contributed by atoms with Crippen LogP contribution >= 0.6 is 40.5 Å². The van der Waals surface area contributed by atoms with Gasteiger partial charge >= 0.3 is 11.9 Å². The van der Waals surface area contributed by atoms with Gasteiger partial charge in [-0.3, -0.25) is 10.0 Å². The number of nitrogens with one attached hydrogen (secondary N) is 2. The number of ether oxygens (including phenoxy) is 5. The van der Waals surface area contributed by atoms with Crippen molar-refractivity contribution in [2.75, 3.05) is 43.8 Å². The average Bonchev–Trinajstić information content (AvgIpc) is 3.78. The number of benzene rings is 5. The van der Waals surface area contributed by atoms with E-state index in [2.05, 4.69) is 93.1 Å². The van der Waals surface area contributed by atoms with Crippen molar-refractivity contribution in [2.45, 2.75) is 79.3 Å². The minimum atomic E-state index is -0.536. The van der Waals surface area contributed by atoms with Crippen molar-refractivity contribution in [1.29, 1.82) is 0 Å². The lowest BCUT2D eigenvalue weighted by atomic mass is 10.0. The molecule has 1 amide bonds. The van der Waals surface area contributed by atoms with E-state index in [0.29, 0.717) is 72.6 Å². The van der Waals surface area contributed by atoms with Crippen LogP contribution < -0.4 is 34.8 Å². The van der Waals surface area contributed by atoms with Crippen LogP contribution in [0.5, 0.6) is 17.2 Å². The van der Waals surface area contributed by atoms with E-state index in [1.807, 2.05) is 42.5 Å². The van der Waals surface area contributed by atoms with E-state index in [1.165, 1.54) is 19.9 Å². The first-order valence-electron chi connectivity index (χ1n) is 22.6. The van der Waals surface area contributed by atoms with E-state index in [0.717, 1.165) is 47.0 Å². The van der Waals surface area contributed by atoms with Crippen molar-refractivity contribution in [2.24, 2.45) is 17.8 Å². The van der Waals surface area contributed by atoms with E-state index >= 15 is 0 Å². The molecule has 0 unspecified atom stereocenters. The molecule has 374 valence electrons. The Balaban J connectivity index is 0.000000271. The fraction of sp³-hybridized carbons (Fsp3) is 0.377. The maximum atomic E-state index is 11.8. The number of hydrogen-bond acceptors (Lipinski definition) is 12. The smallest absolute Gasteiger partial charge is 0.337 e. The Morgan fingerprint density at radius 2 is 0.957 bits per heavy atom. The zero-order valence-electron chi connectivity index (χ0n) is 40.8. The minimum Gasteiger partial charge on any atom is -0.492 e. The summed E-state index contributed by atoms with van der Waals surface area (Å²) >= 11 is 0. The molecule has 0 saturated heterocycles. The number of amides is 1. The van der Waals surface area contributed by atoms with Gasteiger partial charge in [-0.2, -0.15) is 40.5 Å². The number of methoxy groups -OCH3 is 2. The van der Waals surface area contributed by atoms with E-state index < -0.39 is 5.91 Å². The Hall–Kier alpha value is -5.52. The number of fused-ring (bicyclic) bond motifs is 3. The molecule has 3 atom stereocenters. The lowest BCUT2D eigenvalue weighted by Crippen LogP contribution is -2.41. The molecule has 0 fully saturated rings. The van der Waals surface area contributed by atoms with Crippen molar-refractivity contribution in [3.8, 4) is 17.2 Å². The molecule has 13 nitrogen and oxygen atoms in total. The van der Waals surface area contributed by atoms with Gasteiger partial charge in [-0.25, -0.2) is 15.1 Å². The zero-order valence-corrected chi connectivity index (χ0v) is 43.8. The first-order chi connectivity index (χ1) is 31.8. The van der Waals surface area contributed by atoms with Gasteiger partial charge in [0.05, 0.1) is 37.4 Å². The summed E-state index contributed by atoms with van der Waals surface area (Å²) in [5.41, 5.74) is 8.61. The molecule has 5 aromatic rings. The van der Waals surface area contributed by atoms with E-state index in [-0.39, 0.29) is 64.5 Å². The zero-order chi connectivity index (χ0) is 47.3. The molecular weight excluding hydrogens is 933 g/mol. The van der Waals surface area contributed by atoms with Gasteiger partial charge in [0, 0.05) is 59.3 Å². The van der Waals surface area contributed by atoms with Gasteiger partial charge in [0.15, 0.2) is 0 Å². The quantitative estimate of drug-likeness (QED) is 0.0773. The molecule has 0 aromatic heterocycles. The molecule has 0 spiro atoms. The number of rotatable bonds is 8. The Bertz CT molecular complexity index is 2280. The molecule has 3 aliphatic heterocycles. The monoisotopic (exact) mass is 1000 g/mol. The van der Waals surface area contributed by atoms with Crippen LogP contribution in [0.4, 0.5) is 11.4 Å². The Morgan fingerprint density at radius 3 is 1.36 bits per heavy atom. The van der Waals surface area contributed by atoms with Gasteiger partial charge in [-0.1, -0.05) is 96.1 Å². The van der Waals surface area contributed by atoms with Crippen LogP contribution in [0.15, 0.2) is 115 Å². The van der Waals surface area contributed by atoms with Crippen LogP contribution in [-0.4, -0.2) is 75.2 Å². The van der Waals surface area contributed by atoms with Gasteiger partial charge in [-0.05, 0) is 78.4 Å². The van der Waals surface area contributed by atoms with Crippen LogP contribution in [0.25, 0.3) is 0 Å². The first-order valence-corrected chi connectivity index (χ1v) is 22.6. The fourth-order valence-electron chi connectivity index (χ4n) is 8.12. The molecule has 3 aliphatic rings. The molecule has 16 heteroatoms.